The molecule has 0 bridgehead atoms. The van der Waals surface area contributed by atoms with Gasteiger partial charge in [-0.25, -0.2) is 9.67 Å². The van der Waals surface area contributed by atoms with E-state index < -0.39 is 4.92 Å². The highest BCUT2D eigenvalue weighted by Crippen LogP contribution is 2.39. The summed E-state index contributed by atoms with van der Waals surface area (Å²) in [7, 11) is 1.49. The monoisotopic (exact) mass is 467 g/mol. The first-order valence-electron chi connectivity index (χ1n) is 10.8. The van der Waals surface area contributed by atoms with E-state index in [0.717, 1.165) is 6.29 Å². The molecule has 4 rings (SSSR count). The molecular weight excluding hydrogens is 442 g/mol. The lowest BCUT2D eigenvalue weighted by Crippen LogP contribution is -2.36. The van der Waals surface area contributed by atoms with Crippen LogP contribution in [0.25, 0.3) is 5.82 Å². The molecule has 3 heterocycles. The Hall–Kier alpha value is -4.06. The zero-order valence-corrected chi connectivity index (χ0v) is 19.1. The smallest absolute Gasteiger partial charge is 0.294 e. The molecule has 34 heavy (non-hydrogen) atoms. The summed E-state index contributed by atoms with van der Waals surface area (Å²) in [6, 6.07) is 4.70. The van der Waals surface area contributed by atoms with Crippen molar-refractivity contribution in [2.24, 2.45) is 0 Å². The maximum atomic E-state index is 11.8. The van der Waals surface area contributed by atoms with E-state index in [-0.39, 0.29) is 17.6 Å². The number of hydrogen-bond acceptors (Lipinski definition) is 10. The highest BCUT2D eigenvalue weighted by molar-refractivity contribution is 5.77. The van der Waals surface area contributed by atoms with E-state index in [2.05, 4.69) is 20.4 Å². The molecule has 1 aliphatic rings. The standard InChI is InChI=1S/C22H25N7O5/c1-14(2)21-15(13-30)12-28(26-21)20-4-5-23-22(25-20)24-16-10-18(29(31)32)17(11-19(16)33-3)27-6-8-34-9-7-27/h4-5,10-14H,6-9H2,1-3H3,(H,23,24,25). The Balaban J connectivity index is 1.68. The summed E-state index contributed by atoms with van der Waals surface area (Å²) in [6.45, 7) is 5.99. The van der Waals surface area contributed by atoms with E-state index in [1.807, 2.05) is 18.7 Å². The number of nitro benzene ring substituents is 1. The fraction of sp³-hybridized carbons (Fsp3) is 0.364. The van der Waals surface area contributed by atoms with E-state index in [1.54, 1.807) is 18.3 Å². The molecular formula is C22H25N7O5. The second-order valence-corrected chi connectivity index (χ2v) is 7.95. The minimum Gasteiger partial charge on any atom is -0.494 e. The van der Waals surface area contributed by atoms with Crippen LogP contribution in [0.15, 0.2) is 30.6 Å². The lowest BCUT2D eigenvalue weighted by Gasteiger charge is -2.29. The van der Waals surface area contributed by atoms with Crippen LogP contribution in [0.1, 0.15) is 35.8 Å². The van der Waals surface area contributed by atoms with Crippen molar-refractivity contribution in [2.75, 3.05) is 43.6 Å². The van der Waals surface area contributed by atoms with Crippen LogP contribution in [-0.4, -0.2) is 64.4 Å². The Morgan fingerprint density at radius 1 is 1.29 bits per heavy atom. The number of nitrogens with one attached hydrogen (secondary N) is 1. The zero-order valence-electron chi connectivity index (χ0n) is 19.1. The van der Waals surface area contributed by atoms with E-state index in [4.69, 9.17) is 9.47 Å². The molecule has 12 nitrogen and oxygen atoms in total. The summed E-state index contributed by atoms with van der Waals surface area (Å²) in [6.07, 6.45) is 3.90. The predicted octanol–water partition coefficient (Wildman–Crippen LogP) is 3.10. The number of anilines is 3. The predicted molar refractivity (Wildman–Crippen MR) is 125 cm³/mol. The van der Waals surface area contributed by atoms with Crippen molar-refractivity contribution < 1.29 is 19.2 Å². The third-order valence-corrected chi connectivity index (χ3v) is 5.41. The van der Waals surface area contributed by atoms with Gasteiger partial charge in [-0.15, -0.1) is 0 Å². The van der Waals surface area contributed by atoms with E-state index >= 15 is 0 Å². The summed E-state index contributed by atoms with van der Waals surface area (Å²) in [5.74, 6) is 1.10. The SMILES string of the molecule is COc1cc(N2CCOCC2)c([N+](=O)[O-])cc1Nc1nccc(-n2cc(C=O)c(C(C)C)n2)n1. The van der Waals surface area contributed by atoms with Gasteiger partial charge in [-0.1, -0.05) is 13.8 Å². The summed E-state index contributed by atoms with van der Waals surface area (Å²) in [4.78, 5) is 33.4. The highest BCUT2D eigenvalue weighted by Gasteiger charge is 2.25. The number of hydrogen-bond donors (Lipinski definition) is 1. The maximum absolute atomic E-state index is 11.8. The number of ether oxygens (including phenoxy) is 2. The van der Waals surface area contributed by atoms with Crippen molar-refractivity contribution in [3.05, 3.63) is 52.0 Å². The summed E-state index contributed by atoms with van der Waals surface area (Å²) < 4.78 is 12.4. The normalized spacial score (nSPS) is 13.7. The fourth-order valence-electron chi connectivity index (χ4n) is 3.74. The number of benzene rings is 1. The topological polar surface area (TPSA) is 138 Å². The number of morpholine rings is 1. The average molecular weight is 467 g/mol. The van der Waals surface area contributed by atoms with Gasteiger partial charge in [-0.3, -0.25) is 14.9 Å². The molecule has 3 aromatic rings. The van der Waals surface area contributed by atoms with Gasteiger partial charge in [0.25, 0.3) is 5.69 Å². The van der Waals surface area contributed by atoms with Crippen LogP contribution in [0.4, 0.5) is 23.0 Å². The molecule has 2 aromatic heterocycles. The van der Waals surface area contributed by atoms with Gasteiger partial charge in [0.05, 0.1) is 42.2 Å². The number of aldehydes is 1. The van der Waals surface area contributed by atoms with E-state index in [0.29, 0.717) is 60.5 Å². The Morgan fingerprint density at radius 3 is 2.68 bits per heavy atom. The van der Waals surface area contributed by atoms with Crippen LogP contribution in [-0.2, 0) is 4.74 Å². The number of carbonyl (C=O) groups excluding carboxylic acids is 1. The molecule has 0 atom stereocenters. The molecule has 0 saturated carbocycles. The Morgan fingerprint density at radius 2 is 2.06 bits per heavy atom. The molecule has 178 valence electrons. The van der Waals surface area contributed by atoms with Crippen molar-refractivity contribution in [2.45, 2.75) is 19.8 Å². The van der Waals surface area contributed by atoms with E-state index in [9.17, 15) is 14.9 Å². The Bertz CT molecular complexity index is 1200. The first kappa shape index (κ1) is 23.1. The quantitative estimate of drug-likeness (QED) is 0.299. The number of nitro groups is 1. The number of aromatic nitrogens is 4. The summed E-state index contributed by atoms with van der Waals surface area (Å²) in [5, 5.41) is 19.3. The van der Waals surface area contributed by atoms with Gasteiger partial charge in [0.15, 0.2) is 12.1 Å². The second kappa shape index (κ2) is 9.83. The van der Waals surface area contributed by atoms with Crippen LogP contribution < -0.4 is 15.0 Å². The van der Waals surface area contributed by atoms with Crippen molar-refractivity contribution in [3.63, 3.8) is 0 Å². The molecule has 0 aliphatic carbocycles. The van der Waals surface area contributed by atoms with Gasteiger partial charge in [0.2, 0.25) is 5.95 Å². The lowest BCUT2D eigenvalue weighted by molar-refractivity contribution is -0.384. The molecule has 0 unspecified atom stereocenters. The second-order valence-electron chi connectivity index (χ2n) is 7.95. The molecule has 1 fully saturated rings. The zero-order chi connectivity index (χ0) is 24.2. The molecule has 1 aromatic carbocycles. The minimum atomic E-state index is -0.426. The number of nitrogens with zero attached hydrogens (tertiary/aromatic N) is 6. The molecule has 1 aliphatic heterocycles. The fourth-order valence-corrected chi connectivity index (χ4v) is 3.74. The van der Waals surface area contributed by atoms with Gasteiger partial charge in [0.1, 0.15) is 11.4 Å². The first-order chi connectivity index (χ1) is 16.4. The largest absolute Gasteiger partial charge is 0.494 e. The van der Waals surface area contributed by atoms with Gasteiger partial charge in [-0.2, -0.15) is 10.1 Å². The molecule has 0 radical (unpaired) electrons. The van der Waals surface area contributed by atoms with Crippen LogP contribution in [0, 0.1) is 10.1 Å². The van der Waals surface area contributed by atoms with Crippen LogP contribution >= 0.6 is 0 Å². The molecule has 0 amide bonds. The number of methoxy groups -OCH3 is 1. The van der Waals surface area contributed by atoms with Crippen molar-refractivity contribution in [1.82, 2.24) is 19.7 Å². The Kier molecular flexibility index (Phi) is 6.68. The molecule has 0 spiro atoms. The number of carbonyl (C=O) groups is 1. The van der Waals surface area contributed by atoms with Crippen molar-refractivity contribution >= 4 is 29.3 Å². The third kappa shape index (κ3) is 4.66. The van der Waals surface area contributed by atoms with Crippen LogP contribution in [0.2, 0.25) is 0 Å². The summed E-state index contributed by atoms with van der Waals surface area (Å²) in [5.41, 5.74) is 1.90. The molecule has 12 heteroatoms. The maximum Gasteiger partial charge on any atom is 0.294 e. The first-order valence-corrected chi connectivity index (χ1v) is 10.8. The van der Waals surface area contributed by atoms with Crippen LogP contribution in [0.3, 0.4) is 0 Å². The average Bonchev–Trinajstić information content (AvgIpc) is 3.29. The lowest BCUT2D eigenvalue weighted by atomic mass is 10.1. The molecule has 1 N–H and O–H groups in total. The minimum absolute atomic E-state index is 0.0642. The van der Waals surface area contributed by atoms with Gasteiger partial charge < -0.3 is 19.7 Å². The van der Waals surface area contributed by atoms with Crippen LogP contribution in [0.5, 0.6) is 5.75 Å². The highest BCUT2D eigenvalue weighted by atomic mass is 16.6. The van der Waals surface area contributed by atoms with Gasteiger partial charge >= 0.3 is 0 Å². The van der Waals surface area contributed by atoms with Gasteiger partial charge in [-0.05, 0) is 5.92 Å². The van der Waals surface area contributed by atoms with Gasteiger partial charge in [0, 0.05) is 43.7 Å². The van der Waals surface area contributed by atoms with E-state index in [1.165, 1.54) is 24.1 Å². The molecule has 1 saturated heterocycles. The third-order valence-electron chi connectivity index (χ3n) is 5.41. The Labute approximate surface area is 195 Å². The summed E-state index contributed by atoms with van der Waals surface area (Å²) >= 11 is 0. The van der Waals surface area contributed by atoms with Crippen molar-refractivity contribution in [3.8, 4) is 11.6 Å². The number of rotatable bonds is 8. The van der Waals surface area contributed by atoms with Crippen molar-refractivity contribution in [1.29, 1.82) is 0 Å².